The van der Waals surface area contributed by atoms with Crippen molar-refractivity contribution >= 4 is 183 Å². The first-order chi connectivity index (χ1) is 29.8. The molecule has 0 N–H and O–H groups in total. The first-order valence-corrected chi connectivity index (χ1v) is 21.4. The first-order valence-electron chi connectivity index (χ1n) is 21.4. The summed E-state index contributed by atoms with van der Waals surface area (Å²) in [5.74, 6) is 0. The van der Waals surface area contributed by atoms with Crippen LogP contribution in [-0.4, -0.2) is 0 Å². The van der Waals surface area contributed by atoms with Crippen LogP contribution in [0.3, 0.4) is 0 Å². The van der Waals surface area contributed by atoms with Crippen LogP contribution in [0.4, 0.5) is 0 Å². The minimum absolute atomic E-state index is 1.34. The SMILES string of the molecule is c1ccc2c(c1)c1cccc3c4cccc5c6ccc7c8cc9c%10ccccc%10c%10cccc%11c%12cccc%13c%14ccc%15c%16cc2c(c13)c(c45)c%16c6c7c%15c%14c8c(c%12%13)c9c%10%11. The Kier molecular flexibility index (Phi) is 4.25. The van der Waals surface area contributed by atoms with E-state index in [1.165, 1.54) is 183 Å². The summed E-state index contributed by atoms with van der Waals surface area (Å²) in [6.45, 7) is 0. The second kappa shape index (κ2) is 8.93. The lowest BCUT2D eigenvalue weighted by atomic mass is 9.74. The fraction of sp³-hybridized carbons (Fsp3) is 0. The Hall–Kier alpha value is -7.80. The highest BCUT2D eigenvalue weighted by molar-refractivity contribution is 6.59. The van der Waals surface area contributed by atoms with Crippen LogP contribution in [-0.2, 0) is 0 Å². The predicted octanol–water partition coefficient (Wildman–Crippen LogP) is 17.4. The van der Waals surface area contributed by atoms with Gasteiger partial charge >= 0.3 is 0 Å². The van der Waals surface area contributed by atoms with Gasteiger partial charge in [0.15, 0.2) is 0 Å². The molecule has 0 fully saturated rings. The van der Waals surface area contributed by atoms with Crippen LogP contribution in [0.1, 0.15) is 0 Å². The van der Waals surface area contributed by atoms with Gasteiger partial charge in [0, 0.05) is 0 Å². The summed E-state index contributed by atoms with van der Waals surface area (Å²) in [5.41, 5.74) is 0. The molecule has 0 aromatic heterocycles. The molecule has 0 aliphatic carbocycles. The minimum atomic E-state index is 1.34. The van der Waals surface area contributed by atoms with Crippen LogP contribution in [0.25, 0.3) is 183 Å². The van der Waals surface area contributed by atoms with Gasteiger partial charge in [-0.1, -0.05) is 146 Å². The molecular weight excluding hydrogens is 721 g/mol. The average Bonchev–Trinajstić information content (AvgIpc) is 3.31. The molecule has 18 rings (SSSR count). The maximum atomic E-state index is 2.60. The number of rotatable bonds is 0. The molecule has 0 aliphatic rings. The molecule has 0 nitrogen and oxygen atoms in total. The van der Waals surface area contributed by atoms with E-state index in [0.717, 1.165) is 0 Å². The minimum Gasteiger partial charge on any atom is -0.0616 e. The largest absolute Gasteiger partial charge is 0.0616 e. The molecule has 60 heavy (non-hydrogen) atoms. The van der Waals surface area contributed by atoms with Gasteiger partial charge in [-0.05, 0) is 195 Å². The van der Waals surface area contributed by atoms with E-state index in [1.54, 1.807) is 0 Å². The van der Waals surface area contributed by atoms with E-state index < -0.39 is 0 Å². The monoisotopic (exact) mass is 746 g/mol. The van der Waals surface area contributed by atoms with Gasteiger partial charge in [-0.3, -0.25) is 0 Å². The van der Waals surface area contributed by atoms with E-state index in [0.29, 0.717) is 0 Å². The van der Waals surface area contributed by atoms with Crippen molar-refractivity contribution in [1.82, 2.24) is 0 Å². The molecule has 0 radical (unpaired) electrons. The Morgan fingerprint density at radius 1 is 0.117 bits per heavy atom. The molecule has 0 amide bonds. The highest BCUT2D eigenvalue weighted by Gasteiger charge is 2.30. The molecule has 0 heteroatoms. The van der Waals surface area contributed by atoms with Crippen LogP contribution in [0, 0.1) is 0 Å². The van der Waals surface area contributed by atoms with Gasteiger partial charge in [-0.25, -0.2) is 0 Å². The molecule has 0 bridgehead atoms. The Morgan fingerprint density at radius 3 is 0.633 bits per heavy atom. The van der Waals surface area contributed by atoms with Crippen molar-refractivity contribution in [2.24, 2.45) is 0 Å². The van der Waals surface area contributed by atoms with Gasteiger partial charge in [0.1, 0.15) is 0 Å². The summed E-state index contributed by atoms with van der Waals surface area (Å²) in [7, 11) is 0. The molecule has 18 aromatic carbocycles. The molecule has 0 spiro atoms. The topological polar surface area (TPSA) is 0 Å². The van der Waals surface area contributed by atoms with E-state index in [-0.39, 0.29) is 0 Å². The van der Waals surface area contributed by atoms with Crippen molar-refractivity contribution < 1.29 is 0 Å². The van der Waals surface area contributed by atoms with Gasteiger partial charge in [0.2, 0.25) is 0 Å². The molecule has 0 saturated heterocycles. The number of hydrogen-bond donors (Lipinski definition) is 0. The Balaban J connectivity index is 1.23. The van der Waals surface area contributed by atoms with Gasteiger partial charge in [-0.15, -0.1) is 0 Å². The third-order valence-electron chi connectivity index (χ3n) is 15.8. The lowest BCUT2D eigenvalue weighted by Gasteiger charge is -2.28. The fourth-order valence-corrected chi connectivity index (χ4v) is 13.9. The molecule has 0 aliphatic heterocycles. The van der Waals surface area contributed by atoms with E-state index in [1.807, 2.05) is 0 Å². The van der Waals surface area contributed by atoms with Crippen LogP contribution >= 0.6 is 0 Å². The van der Waals surface area contributed by atoms with Crippen LogP contribution < -0.4 is 0 Å². The highest BCUT2D eigenvalue weighted by Crippen LogP contribution is 2.59. The number of benzene rings is 18. The van der Waals surface area contributed by atoms with E-state index in [9.17, 15) is 0 Å². The standard InChI is InChI=1S/C60H26/c1-3-11-29-27(9-1)31-13-5-15-33-35-17-7-19-37-39-22-24-42-46-26-44-30-12-4-2-10-28(30)32-14-6-16-34-36-18-8-20-38-40-21-23-41-45-25-43(29)55(47(31)33)59(49(35)37)57(45)51(39)54(42)53(41)52(40)58(46)60(50(36)38)56(44)48(32)34/h1-26H. The van der Waals surface area contributed by atoms with Crippen LogP contribution in [0.2, 0.25) is 0 Å². The van der Waals surface area contributed by atoms with Crippen molar-refractivity contribution in [3.8, 4) is 0 Å². The number of fused-ring (bicyclic) bond motifs is 12. The lowest BCUT2D eigenvalue weighted by Crippen LogP contribution is -1.99. The Bertz CT molecular complexity index is 4650. The van der Waals surface area contributed by atoms with Gasteiger partial charge in [0.25, 0.3) is 0 Å². The van der Waals surface area contributed by atoms with Crippen molar-refractivity contribution in [2.75, 3.05) is 0 Å². The van der Waals surface area contributed by atoms with Crippen molar-refractivity contribution in [2.45, 2.75) is 0 Å². The van der Waals surface area contributed by atoms with E-state index in [4.69, 9.17) is 0 Å². The fourth-order valence-electron chi connectivity index (χ4n) is 13.9. The Labute approximate surface area is 339 Å². The van der Waals surface area contributed by atoms with Gasteiger partial charge in [-0.2, -0.15) is 0 Å². The quantitative estimate of drug-likeness (QED) is 0.107. The zero-order chi connectivity index (χ0) is 38.0. The summed E-state index contributed by atoms with van der Waals surface area (Å²) in [6.07, 6.45) is 0. The zero-order valence-corrected chi connectivity index (χ0v) is 32.0. The first kappa shape index (κ1) is 28.6. The summed E-state index contributed by atoms with van der Waals surface area (Å²) in [6, 6.07) is 61.6. The smallest absolute Gasteiger partial charge is 0.0000926 e. The third-order valence-corrected chi connectivity index (χ3v) is 15.8. The second-order valence-corrected chi connectivity index (χ2v) is 18.0. The maximum Gasteiger partial charge on any atom is -0.0000926 e. The second-order valence-electron chi connectivity index (χ2n) is 18.0. The van der Waals surface area contributed by atoms with Crippen molar-refractivity contribution in [1.29, 1.82) is 0 Å². The summed E-state index contributed by atoms with van der Waals surface area (Å²) in [5, 5.41) is 47.1. The third kappa shape index (κ3) is 2.70. The van der Waals surface area contributed by atoms with Crippen LogP contribution in [0.15, 0.2) is 158 Å². The van der Waals surface area contributed by atoms with Gasteiger partial charge < -0.3 is 0 Å². The summed E-state index contributed by atoms with van der Waals surface area (Å²) in [4.78, 5) is 0. The van der Waals surface area contributed by atoms with Crippen molar-refractivity contribution in [3.05, 3.63) is 158 Å². The van der Waals surface area contributed by atoms with Crippen molar-refractivity contribution in [3.63, 3.8) is 0 Å². The number of hydrogen-bond acceptors (Lipinski definition) is 0. The lowest BCUT2D eigenvalue weighted by molar-refractivity contribution is 1.80. The average molecular weight is 747 g/mol. The molecule has 0 heterocycles. The van der Waals surface area contributed by atoms with E-state index in [2.05, 4.69) is 158 Å². The molecule has 0 atom stereocenters. The summed E-state index contributed by atoms with van der Waals surface area (Å²) >= 11 is 0. The summed E-state index contributed by atoms with van der Waals surface area (Å²) < 4.78 is 0. The highest BCUT2D eigenvalue weighted by atomic mass is 14.3. The molecule has 18 aromatic rings. The van der Waals surface area contributed by atoms with E-state index >= 15 is 0 Å². The zero-order valence-electron chi connectivity index (χ0n) is 32.0. The molecule has 0 saturated carbocycles. The predicted molar refractivity (Wildman–Crippen MR) is 262 cm³/mol. The molecule has 0 unspecified atom stereocenters. The molecular formula is C60H26. The maximum absolute atomic E-state index is 2.60. The molecule has 266 valence electrons. The van der Waals surface area contributed by atoms with Gasteiger partial charge in [0.05, 0.1) is 0 Å². The normalized spacial score (nSPS) is 13.7. The van der Waals surface area contributed by atoms with Crippen LogP contribution in [0.5, 0.6) is 0 Å². The Morgan fingerprint density at radius 2 is 0.300 bits per heavy atom.